The lowest BCUT2D eigenvalue weighted by Gasteiger charge is -2.13. The Hall–Kier alpha value is -1.94. The van der Waals surface area contributed by atoms with Crippen molar-refractivity contribution in [1.82, 2.24) is 4.98 Å². The Labute approximate surface area is 105 Å². The highest BCUT2D eigenvalue weighted by atomic mass is 19.1. The summed E-state index contributed by atoms with van der Waals surface area (Å²) in [7, 11) is 0. The van der Waals surface area contributed by atoms with Crippen LogP contribution in [0.5, 0.6) is 5.75 Å². The number of hydrogen-bond donors (Lipinski definition) is 1. The van der Waals surface area contributed by atoms with E-state index in [0.29, 0.717) is 12.2 Å². The van der Waals surface area contributed by atoms with Crippen LogP contribution in [0.25, 0.3) is 0 Å². The quantitative estimate of drug-likeness (QED) is 0.902. The number of hydrogen-bond acceptors (Lipinski definition) is 3. The zero-order valence-corrected chi connectivity index (χ0v) is 10.1. The van der Waals surface area contributed by atoms with Gasteiger partial charge in [-0.25, -0.2) is 4.39 Å². The molecule has 1 aromatic carbocycles. The van der Waals surface area contributed by atoms with E-state index >= 15 is 0 Å². The zero-order valence-electron chi connectivity index (χ0n) is 10.1. The van der Waals surface area contributed by atoms with E-state index in [1.54, 1.807) is 6.20 Å². The first kappa shape index (κ1) is 12.5. The van der Waals surface area contributed by atoms with Crippen LogP contribution >= 0.6 is 0 Å². The van der Waals surface area contributed by atoms with Gasteiger partial charge < -0.3 is 10.5 Å². The molecule has 0 saturated carbocycles. The van der Waals surface area contributed by atoms with Gasteiger partial charge in [0.1, 0.15) is 11.6 Å². The smallest absolute Gasteiger partial charge is 0.141 e. The number of pyridine rings is 1. The molecule has 0 fully saturated rings. The van der Waals surface area contributed by atoms with Crippen molar-refractivity contribution in [3.63, 3.8) is 0 Å². The lowest BCUT2D eigenvalue weighted by Crippen LogP contribution is -2.12. The van der Waals surface area contributed by atoms with Crippen molar-refractivity contribution in [2.24, 2.45) is 5.73 Å². The van der Waals surface area contributed by atoms with E-state index in [1.807, 2.05) is 31.2 Å². The summed E-state index contributed by atoms with van der Waals surface area (Å²) < 4.78 is 18.4. The summed E-state index contributed by atoms with van der Waals surface area (Å²) in [5.74, 6) is 0.416. The van der Waals surface area contributed by atoms with E-state index in [4.69, 9.17) is 10.5 Å². The molecule has 0 aliphatic rings. The summed E-state index contributed by atoms with van der Waals surface area (Å²) in [5, 5.41) is 0. The highest BCUT2D eigenvalue weighted by Crippen LogP contribution is 2.21. The van der Waals surface area contributed by atoms with Crippen molar-refractivity contribution in [3.8, 4) is 5.75 Å². The fourth-order valence-electron chi connectivity index (χ4n) is 1.73. The molecule has 0 radical (unpaired) electrons. The summed E-state index contributed by atoms with van der Waals surface area (Å²) >= 11 is 0. The lowest BCUT2D eigenvalue weighted by atomic mass is 10.0. The van der Waals surface area contributed by atoms with Gasteiger partial charge in [-0.3, -0.25) is 4.98 Å². The molecule has 1 atom stereocenters. The maximum Gasteiger partial charge on any atom is 0.141 e. The molecule has 0 saturated heterocycles. The normalized spacial score (nSPS) is 12.2. The van der Waals surface area contributed by atoms with E-state index in [2.05, 4.69) is 4.98 Å². The van der Waals surface area contributed by atoms with E-state index in [1.165, 1.54) is 6.07 Å². The average Bonchev–Trinajstić information content (AvgIpc) is 2.39. The third-order valence-electron chi connectivity index (χ3n) is 2.64. The first-order chi connectivity index (χ1) is 8.70. The van der Waals surface area contributed by atoms with Gasteiger partial charge in [-0.15, -0.1) is 0 Å². The molecule has 2 rings (SSSR count). The molecule has 94 valence electrons. The standard InChI is InChI=1S/C14H15FN2O/c1-2-18-13-5-3-10(4-6-13)14(16)11-7-12(15)9-17-8-11/h3-9,14H,2,16H2,1H3. The second-order valence-corrected chi connectivity index (χ2v) is 3.92. The van der Waals surface area contributed by atoms with Crippen LogP contribution in [0.3, 0.4) is 0 Å². The summed E-state index contributed by atoms with van der Waals surface area (Å²) in [6.07, 6.45) is 2.73. The van der Waals surface area contributed by atoms with Crippen LogP contribution in [0.1, 0.15) is 24.1 Å². The monoisotopic (exact) mass is 246 g/mol. The van der Waals surface area contributed by atoms with Gasteiger partial charge in [0.2, 0.25) is 0 Å². The molecule has 0 spiro atoms. The van der Waals surface area contributed by atoms with Gasteiger partial charge >= 0.3 is 0 Å². The van der Waals surface area contributed by atoms with Crippen LogP contribution in [0, 0.1) is 5.82 Å². The van der Waals surface area contributed by atoms with Gasteiger partial charge in [-0.2, -0.15) is 0 Å². The molecule has 0 amide bonds. The van der Waals surface area contributed by atoms with Gasteiger partial charge in [-0.1, -0.05) is 12.1 Å². The molecule has 2 N–H and O–H groups in total. The Bertz CT molecular complexity index is 513. The molecule has 1 aromatic heterocycles. The molecule has 18 heavy (non-hydrogen) atoms. The van der Waals surface area contributed by atoms with Crippen LogP contribution in [0.2, 0.25) is 0 Å². The topological polar surface area (TPSA) is 48.1 Å². The van der Waals surface area contributed by atoms with E-state index in [9.17, 15) is 4.39 Å². The number of benzene rings is 1. The van der Waals surface area contributed by atoms with E-state index in [0.717, 1.165) is 17.5 Å². The second-order valence-electron chi connectivity index (χ2n) is 3.92. The third kappa shape index (κ3) is 2.84. The Morgan fingerprint density at radius 3 is 2.56 bits per heavy atom. The van der Waals surface area contributed by atoms with Crippen molar-refractivity contribution in [2.45, 2.75) is 13.0 Å². The Morgan fingerprint density at radius 1 is 1.22 bits per heavy atom. The first-order valence-electron chi connectivity index (χ1n) is 5.79. The van der Waals surface area contributed by atoms with Gasteiger partial charge in [0.25, 0.3) is 0 Å². The molecule has 0 aliphatic heterocycles. The van der Waals surface area contributed by atoms with Crippen LogP contribution in [0.4, 0.5) is 4.39 Å². The number of nitrogens with two attached hydrogens (primary N) is 1. The Morgan fingerprint density at radius 2 is 1.94 bits per heavy atom. The predicted molar refractivity (Wildman–Crippen MR) is 67.8 cm³/mol. The molecule has 0 aliphatic carbocycles. The Kier molecular flexibility index (Phi) is 3.89. The number of rotatable bonds is 4. The van der Waals surface area contributed by atoms with Gasteiger partial charge in [0, 0.05) is 6.20 Å². The van der Waals surface area contributed by atoms with Crippen molar-refractivity contribution < 1.29 is 9.13 Å². The fraction of sp³-hybridized carbons (Fsp3) is 0.214. The highest BCUT2D eigenvalue weighted by molar-refractivity contribution is 5.34. The summed E-state index contributed by atoms with van der Waals surface area (Å²) in [6, 6.07) is 8.47. The van der Waals surface area contributed by atoms with Crippen LogP contribution in [-0.2, 0) is 0 Å². The minimum Gasteiger partial charge on any atom is -0.494 e. The molecule has 0 bridgehead atoms. The molecular weight excluding hydrogens is 231 g/mol. The zero-order chi connectivity index (χ0) is 13.0. The molecule has 3 nitrogen and oxygen atoms in total. The van der Waals surface area contributed by atoms with Gasteiger partial charge in [-0.05, 0) is 36.2 Å². The van der Waals surface area contributed by atoms with E-state index in [-0.39, 0.29) is 11.9 Å². The summed E-state index contributed by atoms with van der Waals surface area (Å²) in [6.45, 7) is 2.55. The minimum atomic E-state index is -0.385. The summed E-state index contributed by atoms with van der Waals surface area (Å²) in [4.78, 5) is 3.80. The number of halogens is 1. The van der Waals surface area contributed by atoms with Crippen molar-refractivity contribution in [3.05, 3.63) is 59.7 Å². The lowest BCUT2D eigenvalue weighted by molar-refractivity contribution is 0.340. The maximum atomic E-state index is 13.1. The van der Waals surface area contributed by atoms with Gasteiger partial charge in [0.15, 0.2) is 0 Å². The first-order valence-corrected chi connectivity index (χ1v) is 5.79. The summed E-state index contributed by atoms with van der Waals surface area (Å²) in [5.41, 5.74) is 7.61. The molecular formula is C14H15FN2O. The fourth-order valence-corrected chi connectivity index (χ4v) is 1.73. The minimum absolute atomic E-state index is 0.381. The predicted octanol–water partition coefficient (Wildman–Crippen LogP) is 2.67. The largest absolute Gasteiger partial charge is 0.494 e. The second kappa shape index (κ2) is 5.60. The van der Waals surface area contributed by atoms with Crippen molar-refractivity contribution in [2.75, 3.05) is 6.61 Å². The van der Waals surface area contributed by atoms with Crippen LogP contribution in [-0.4, -0.2) is 11.6 Å². The average molecular weight is 246 g/mol. The third-order valence-corrected chi connectivity index (χ3v) is 2.64. The van der Waals surface area contributed by atoms with E-state index < -0.39 is 0 Å². The van der Waals surface area contributed by atoms with Gasteiger partial charge in [0.05, 0.1) is 18.8 Å². The number of nitrogens with zero attached hydrogens (tertiary/aromatic N) is 1. The van der Waals surface area contributed by atoms with Crippen molar-refractivity contribution in [1.29, 1.82) is 0 Å². The molecule has 1 heterocycles. The Balaban J connectivity index is 2.20. The highest BCUT2D eigenvalue weighted by Gasteiger charge is 2.10. The van der Waals surface area contributed by atoms with Crippen LogP contribution < -0.4 is 10.5 Å². The molecule has 1 unspecified atom stereocenters. The molecule has 2 aromatic rings. The molecule has 4 heteroatoms. The van der Waals surface area contributed by atoms with Crippen LogP contribution in [0.15, 0.2) is 42.7 Å². The maximum absolute atomic E-state index is 13.1. The number of aromatic nitrogens is 1. The SMILES string of the molecule is CCOc1ccc(C(N)c2cncc(F)c2)cc1. The number of ether oxygens (including phenoxy) is 1. The van der Waals surface area contributed by atoms with Crippen molar-refractivity contribution >= 4 is 0 Å².